The molecule has 1 fully saturated rings. The molecule has 164 valence electrons. The van der Waals surface area contributed by atoms with Gasteiger partial charge in [-0.1, -0.05) is 6.07 Å². The summed E-state index contributed by atoms with van der Waals surface area (Å²) in [5, 5.41) is 17.0. The quantitative estimate of drug-likeness (QED) is 0.573. The molecule has 30 heavy (non-hydrogen) atoms. The zero-order chi connectivity index (χ0) is 21.5. The van der Waals surface area contributed by atoms with Gasteiger partial charge in [-0.2, -0.15) is 0 Å². The van der Waals surface area contributed by atoms with Crippen LogP contribution in [0, 0.1) is 18.6 Å². The van der Waals surface area contributed by atoms with Crippen LogP contribution in [0.25, 0.3) is 0 Å². The first-order valence-corrected chi connectivity index (χ1v) is 10.5. The van der Waals surface area contributed by atoms with E-state index in [4.69, 9.17) is 4.74 Å². The zero-order valence-corrected chi connectivity index (χ0v) is 17.6. The van der Waals surface area contributed by atoms with Crippen LogP contribution in [-0.2, 0) is 0 Å². The summed E-state index contributed by atoms with van der Waals surface area (Å²) >= 11 is 0. The van der Waals surface area contributed by atoms with Gasteiger partial charge in [-0.3, -0.25) is 0 Å². The second kappa shape index (κ2) is 10.6. The van der Waals surface area contributed by atoms with Crippen LogP contribution >= 0.6 is 0 Å². The zero-order valence-electron chi connectivity index (χ0n) is 17.6. The van der Waals surface area contributed by atoms with Gasteiger partial charge in [0.05, 0.1) is 5.69 Å². The number of aryl methyl sites for hydroxylation is 1. The van der Waals surface area contributed by atoms with Gasteiger partial charge in [0.25, 0.3) is 0 Å². The molecular weight excluding hydrogens is 388 g/mol. The number of β-amino-alcohol motifs (C(OH)–C–C–N with tert-alkyl or cyclic N) is 1. The van der Waals surface area contributed by atoms with E-state index in [1.54, 1.807) is 6.07 Å². The monoisotopic (exact) mass is 419 g/mol. The Morgan fingerprint density at radius 1 is 1.13 bits per heavy atom. The van der Waals surface area contributed by atoms with E-state index in [2.05, 4.69) is 15.5 Å². The minimum atomic E-state index is -0.841. The maximum atomic E-state index is 13.4. The third-order valence-corrected chi connectivity index (χ3v) is 5.28. The van der Waals surface area contributed by atoms with Gasteiger partial charge in [0.15, 0.2) is 11.6 Å². The van der Waals surface area contributed by atoms with Crippen LogP contribution in [0.2, 0.25) is 0 Å². The summed E-state index contributed by atoms with van der Waals surface area (Å²) < 4.78 is 32.3. The van der Waals surface area contributed by atoms with Gasteiger partial charge in [0.2, 0.25) is 0 Å². The fourth-order valence-electron chi connectivity index (χ4n) is 3.70. The number of hydrogen-bond donors (Lipinski definition) is 3. The molecule has 2 aromatic carbocycles. The molecule has 1 heterocycles. The third kappa shape index (κ3) is 6.31. The van der Waals surface area contributed by atoms with Crippen LogP contribution in [0.15, 0.2) is 36.4 Å². The Hall–Kier alpha value is -2.38. The highest BCUT2D eigenvalue weighted by Crippen LogP contribution is 2.26. The van der Waals surface area contributed by atoms with Crippen molar-refractivity contribution in [1.29, 1.82) is 0 Å². The molecule has 0 aliphatic carbocycles. The van der Waals surface area contributed by atoms with Gasteiger partial charge >= 0.3 is 0 Å². The molecule has 3 N–H and O–H groups in total. The molecule has 3 rings (SSSR count). The normalized spacial score (nSPS) is 16.3. The van der Waals surface area contributed by atoms with Crippen LogP contribution in [0.1, 0.15) is 25.3 Å². The van der Waals surface area contributed by atoms with Crippen LogP contribution in [0.3, 0.4) is 0 Å². The molecule has 1 saturated heterocycles. The Morgan fingerprint density at radius 2 is 1.90 bits per heavy atom. The van der Waals surface area contributed by atoms with E-state index in [0.29, 0.717) is 12.2 Å². The molecular formula is C23H31F2N3O2. The van der Waals surface area contributed by atoms with Gasteiger partial charge < -0.3 is 25.4 Å². The van der Waals surface area contributed by atoms with Crippen molar-refractivity contribution < 1.29 is 18.6 Å². The molecule has 1 unspecified atom stereocenters. The maximum Gasteiger partial charge on any atom is 0.160 e. The number of nitrogens with one attached hydrogen (secondary N) is 2. The summed E-state index contributed by atoms with van der Waals surface area (Å²) in [5.41, 5.74) is 2.63. The van der Waals surface area contributed by atoms with Gasteiger partial charge in [-0.25, -0.2) is 8.78 Å². The molecule has 0 saturated carbocycles. The summed E-state index contributed by atoms with van der Waals surface area (Å²) in [6, 6.07) is 10.1. The summed E-state index contributed by atoms with van der Waals surface area (Å²) in [6.07, 6.45) is 1.15. The van der Waals surface area contributed by atoms with E-state index >= 15 is 0 Å². The number of nitrogens with zero attached hydrogens (tertiary/aromatic N) is 1. The van der Waals surface area contributed by atoms with Crippen molar-refractivity contribution in [3.8, 4) is 5.75 Å². The molecule has 7 heteroatoms. The van der Waals surface area contributed by atoms with Crippen molar-refractivity contribution >= 4 is 11.4 Å². The minimum Gasteiger partial charge on any atom is -0.489 e. The first kappa shape index (κ1) is 22.3. The molecule has 2 aromatic rings. The number of piperidine rings is 1. The van der Waals surface area contributed by atoms with Crippen LogP contribution < -0.4 is 15.4 Å². The summed E-state index contributed by atoms with van der Waals surface area (Å²) in [6.45, 7) is 7.27. The van der Waals surface area contributed by atoms with Gasteiger partial charge in [-0.05, 0) is 56.5 Å². The highest BCUT2D eigenvalue weighted by molar-refractivity contribution is 5.57. The van der Waals surface area contributed by atoms with Crippen molar-refractivity contribution in [2.24, 2.45) is 0 Å². The average Bonchev–Trinajstić information content (AvgIpc) is 2.72. The smallest absolute Gasteiger partial charge is 0.160 e. The van der Waals surface area contributed by atoms with Crippen molar-refractivity contribution in [3.63, 3.8) is 0 Å². The summed E-state index contributed by atoms with van der Waals surface area (Å²) in [5.74, 6) is -0.924. The molecule has 1 aliphatic heterocycles. The molecule has 5 nitrogen and oxygen atoms in total. The number of likely N-dealkylation sites (tertiary alicyclic amines) is 1. The molecule has 1 atom stereocenters. The Balaban J connectivity index is 1.42. The Kier molecular flexibility index (Phi) is 7.87. The number of benzene rings is 2. The number of aliphatic hydroxyl groups is 1. The lowest BCUT2D eigenvalue weighted by Crippen LogP contribution is -2.43. The largest absolute Gasteiger partial charge is 0.489 e. The van der Waals surface area contributed by atoms with Crippen molar-refractivity contribution in [1.82, 2.24) is 4.90 Å². The van der Waals surface area contributed by atoms with E-state index in [9.17, 15) is 13.9 Å². The van der Waals surface area contributed by atoms with E-state index in [1.165, 1.54) is 6.07 Å². The van der Waals surface area contributed by atoms with Gasteiger partial charge in [0.1, 0.15) is 18.5 Å². The van der Waals surface area contributed by atoms with Crippen LogP contribution in [-0.4, -0.2) is 54.9 Å². The number of ether oxygens (including phenoxy) is 1. The van der Waals surface area contributed by atoms with Gasteiger partial charge in [-0.15, -0.1) is 0 Å². The van der Waals surface area contributed by atoms with E-state index in [1.807, 2.05) is 32.0 Å². The predicted octanol–water partition coefficient (Wildman–Crippen LogP) is 4.02. The Morgan fingerprint density at radius 3 is 2.60 bits per heavy atom. The Bertz CT molecular complexity index is 826. The van der Waals surface area contributed by atoms with Crippen molar-refractivity contribution in [2.75, 3.05) is 43.4 Å². The predicted molar refractivity (Wildman–Crippen MR) is 116 cm³/mol. The summed E-state index contributed by atoms with van der Waals surface area (Å²) in [7, 11) is 0. The van der Waals surface area contributed by atoms with Crippen LogP contribution in [0.4, 0.5) is 20.2 Å². The number of aliphatic hydroxyl groups excluding tert-OH is 1. The molecule has 0 spiro atoms. The molecule has 0 aromatic heterocycles. The molecule has 0 amide bonds. The van der Waals surface area contributed by atoms with E-state index in [-0.39, 0.29) is 12.6 Å². The van der Waals surface area contributed by atoms with E-state index < -0.39 is 17.7 Å². The lowest BCUT2D eigenvalue weighted by Gasteiger charge is -2.34. The van der Waals surface area contributed by atoms with Crippen LogP contribution in [0.5, 0.6) is 5.75 Å². The first-order valence-electron chi connectivity index (χ1n) is 10.5. The highest BCUT2D eigenvalue weighted by Gasteiger charge is 2.21. The number of anilines is 2. The second-order valence-corrected chi connectivity index (χ2v) is 7.84. The SMILES string of the molecule is CCNc1ccc(C)cc1OCC(O)CN1CCC(Nc2ccc(F)c(F)c2)CC1. The maximum absolute atomic E-state index is 13.4. The fraction of sp³-hybridized carbons (Fsp3) is 0.478. The summed E-state index contributed by atoms with van der Waals surface area (Å²) in [4.78, 5) is 2.21. The Labute approximate surface area is 177 Å². The first-order chi connectivity index (χ1) is 14.4. The number of rotatable bonds is 9. The standard InChI is InChI=1S/C23H31F2N3O2/c1-3-26-22-7-4-16(2)12-23(22)30-15-19(29)14-28-10-8-17(9-11-28)27-18-5-6-20(24)21(25)13-18/h4-7,12-13,17,19,26-27,29H,3,8-11,14-15H2,1-2H3. The average molecular weight is 420 g/mol. The lowest BCUT2D eigenvalue weighted by atomic mass is 10.0. The topological polar surface area (TPSA) is 56.8 Å². The van der Waals surface area contributed by atoms with Crippen molar-refractivity contribution in [3.05, 3.63) is 53.6 Å². The molecule has 0 bridgehead atoms. The highest BCUT2D eigenvalue weighted by atomic mass is 19.2. The van der Waals surface area contributed by atoms with Gasteiger partial charge in [0, 0.05) is 44.0 Å². The fourth-order valence-corrected chi connectivity index (χ4v) is 3.70. The van der Waals surface area contributed by atoms with E-state index in [0.717, 1.165) is 55.5 Å². The molecule has 0 radical (unpaired) electrons. The number of hydrogen-bond acceptors (Lipinski definition) is 5. The minimum absolute atomic E-state index is 0.203. The lowest BCUT2D eigenvalue weighted by molar-refractivity contribution is 0.0607. The third-order valence-electron chi connectivity index (χ3n) is 5.28. The molecule has 1 aliphatic rings. The number of halogens is 2. The van der Waals surface area contributed by atoms with Crippen molar-refractivity contribution in [2.45, 2.75) is 38.8 Å². The second-order valence-electron chi connectivity index (χ2n) is 7.84.